The van der Waals surface area contributed by atoms with Crippen molar-refractivity contribution in [1.29, 1.82) is 0 Å². The smallest absolute Gasteiger partial charge is 0.251 e. The van der Waals surface area contributed by atoms with Gasteiger partial charge < -0.3 is 15.7 Å². The Morgan fingerprint density at radius 1 is 1.45 bits per heavy atom. The van der Waals surface area contributed by atoms with Crippen LogP contribution in [-0.4, -0.2) is 29.7 Å². The number of rotatable bonds is 5. The second kappa shape index (κ2) is 6.37. The van der Waals surface area contributed by atoms with Crippen molar-refractivity contribution < 1.29 is 9.90 Å². The first-order valence-electron chi connectivity index (χ1n) is 7.34. The monoisotopic (exact) mass is 276 g/mol. The summed E-state index contributed by atoms with van der Waals surface area (Å²) < 4.78 is 0. The van der Waals surface area contributed by atoms with E-state index in [0.717, 1.165) is 25.9 Å². The molecule has 0 saturated carbocycles. The number of amides is 1. The summed E-state index contributed by atoms with van der Waals surface area (Å²) in [6, 6.07) is 5.93. The number of aliphatic hydroxyl groups is 1. The Morgan fingerprint density at radius 3 is 2.95 bits per heavy atom. The van der Waals surface area contributed by atoms with Crippen molar-refractivity contribution in [2.45, 2.75) is 45.2 Å². The Bertz CT molecular complexity index is 487. The molecule has 0 aliphatic carbocycles. The molecule has 1 unspecified atom stereocenters. The molecule has 0 aromatic heterocycles. The standard InChI is InChI=1S/C16H24N2O2/c1-3-16(2,7-9-19)18-15(20)13-5-4-12-6-8-17-11-14(12)10-13/h4-5,10,17,19H,3,6-9,11H2,1-2H3,(H,18,20). The molecule has 4 nitrogen and oxygen atoms in total. The minimum absolute atomic E-state index is 0.0591. The highest BCUT2D eigenvalue weighted by molar-refractivity contribution is 5.95. The molecule has 4 heteroatoms. The number of hydrogen-bond donors (Lipinski definition) is 3. The zero-order valence-electron chi connectivity index (χ0n) is 12.3. The fourth-order valence-corrected chi connectivity index (χ4v) is 2.54. The van der Waals surface area contributed by atoms with Gasteiger partial charge in [-0.05, 0) is 56.0 Å². The lowest BCUT2D eigenvalue weighted by Crippen LogP contribution is -2.46. The van der Waals surface area contributed by atoms with Crippen molar-refractivity contribution in [3.05, 3.63) is 34.9 Å². The normalized spacial score (nSPS) is 17.1. The average molecular weight is 276 g/mol. The largest absolute Gasteiger partial charge is 0.396 e. The lowest BCUT2D eigenvalue weighted by Gasteiger charge is -2.29. The molecule has 2 rings (SSSR count). The summed E-state index contributed by atoms with van der Waals surface area (Å²) >= 11 is 0. The summed E-state index contributed by atoms with van der Waals surface area (Å²) in [7, 11) is 0. The highest BCUT2D eigenvalue weighted by atomic mass is 16.3. The molecule has 1 aliphatic heterocycles. The summed E-state index contributed by atoms with van der Waals surface area (Å²) in [4.78, 5) is 12.4. The summed E-state index contributed by atoms with van der Waals surface area (Å²) in [6.45, 7) is 5.91. The number of aliphatic hydroxyl groups excluding tert-OH is 1. The molecular weight excluding hydrogens is 252 g/mol. The summed E-state index contributed by atoms with van der Waals surface area (Å²) in [5.74, 6) is -0.0591. The van der Waals surface area contributed by atoms with Crippen molar-refractivity contribution in [3.63, 3.8) is 0 Å². The second-order valence-electron chi connectivity index (χ2n) is 5.75. The predicted octanol–water partition coefficient (Wildman–Crippen LogP) is 1.61. The van der Waals surface area contributed by atoms with Crippen LogP contribution in [0.25, 0.3) is 0 Å². The van der Waals surface area contributed by atoms with Crippen LogP contribution in [0.5, 0.6) is 0 Å². The molecule has 1 aromatic carbocycles. The molecule has 20 heavy (non-hydrogen) atoms. The molecule has 0 bridgehead atoms. The van der Waals surface area contributed by atoms with E-state index in [1.54, 1.807) is 0 Å². The molecule has 0 saturated heterocycles. The third kappa shape index (κ3) is 3.38. The molecule has 0 radical (unpaired) electrons. The van der Waals surface area contributed by atoms with Gasteiger partial charge in [0.15, 0.2) is 0 Å². The van der Waals surface area contributed by atoms with Crippen LogP contribution >= 0.6 is 0 Å². The van der Waals surface area contributed by atoms with Gasteiger partial charge in [-0.15, -0.1) is 0 Å². The van der Waals surface area contributed by atoms with E-state index in [1.165, 1.54) is 11.1 Å². The molecular formula is C16H24N2O2. The Labute approximate surface area is 120 Å². The van der Waals surface area contributed by atoms with Crippen LogP contribution in [0.15, 0.2) is 18.2 Å². The van der Waals surface area contributed by atoms with Gasteiger partial charge >= 0.3 is 0 Å². The van der Waals surface area contributed by atoms with Crippen LogP contribution in [0.1, 0.15) is 48.2 Å². The minimum atomic E-state index is -0.347. The Morgan fingerprint density at radius 2 is 2.25 bits per heavy atom. The zero-order valence-corrected chi connectivity index (χ0v) is 12.3. The maximum Gasteiger partial charge on any atom is 0.251 e. The van der Waals surface area contributed by atoms with Crippen molar-refractivity contribution in [1.82, 2.24) is 10.6 Å². The van der Waals surface area contributed by atoms with Gasteiger partial charge in [0.1, 0.15) is 0 Å². The predicted molar refractivity (Wildman–Crippen MR) is 79.7 cm³/mol. The number of hydrogen-bond acceptors (Lipinski definition) is 3. The topological polar surface area (TPSA) is 61.4 Å². The van der Waals surface area contributed by atoms with Crippen molar-refractivity contribution in [2.24, 2.45) is 0 Å². The van der Waals surface area contributed by atoms with Crippen molar-refractivity contribution in [2.75, 3.05) is 13.2 Å². The second-order valence-corrected chi connectivity index (χ2v) is 5.75. The molecule has 1 aliphatic rings. The maximum absolute atomic E-state index is 12.4. The molecule has 1 heterocycles. The highest BCUT2D eigenvalue weighted by Gasteiger charge is 2.24. The Hall–Kier alpha value is -1.39. The van der Waals surface area contributed by atoms with E-state index in [0.29, 0.717) is 12.0 Å². The Balaban J connectivity index is 2.13. The first kappa shape index (κ1) is 15.0. The fourth-order valence-electron chi connectivity index (χ4n) is 2.54. The first-order valence-corrected chi connectivity index (χ1v) is 7.34. The quantitative estimate of drug-likeness (QED) is 0.766. The van der Waals surface area contributed by atoms with Crippen molar-refractivity contribution >= 4 is 5.91 Å². The maximum atomic E-state index is 12.4. The summed E-state index contributed by atoms with van der Waals surface area (Å²) in [6.07, 6.45) is 2.39. The van der Waals surface area contributed by atoms with E-state index in [4.69, 9.17) is 5.11 Å². The van der Waals surface area contributed by atoms with Crippen LogP contribution in [0, 0.1) is 0 Å². The third-order valence-corrected chi connectivity index (χ3v) is 4.21. The van der Waals surface area contributed by atoms with Gasteiger partial charge in [-0.1, -0.05) is 13.0 Å². The first-order chi connectivity index (χ1) is 9.58. The van der Waals surface area contributed by atoms with Gasteiger partial charge in [0.25, 0.3) is 5.91 Å². The van der Waals surface area contributed by atoms with Gasteiger partial charge in [0.2, 0.25) is 0 Å². The van der Waals surface area contributed by atoms with Crippen molar-refractivity contribution in [3.8, 4) is 0 Å². The number of carbonyl (C=O) groups is 1. The van der Waals surface area contributed by atoms with Crippen LogP contribution in [0.3, 0.4) is 0 Å². The lowest BCUT2D eigenvalue weighted by atomic mass is 9.93. The average Bonchev–Trinajstić information content (AvgIpc) is 2.47. The highest BCUT2D eigenvalue weighted by Crippen LogP contribution is 2.18. The number of fused-ring (bicyclic) bond motifs is 1. The molecule has 0 spiro atoms. The van der Waals surface area contributed by atoms with Crippen LogP contribution in [-0.2, 0) is 13.0 Å². The van der Waals surface area contributed by atoms with Gasteiger partial charge in [-0.25, -0.2) is 0 Å². The third-order valence-electron chi connectivity index (χ3n) is 4.21. The molecule has 110 valence electrons. The Kier molecular flexibility index (Phi) is 4.78. The molecule has 0 fully saturated rings. The van der Waals surface area contributed by atoms with Crippen LogP contribution in [0.2, 0.25) is 0 Å². The van der Waals surface area contributed by atoms with E-state index in [9.17, 15) is 4.79 Å². The van der Waals surface area contributed by atoms with E-state index in [1.807, 2.05) is 26.0 Å². The molecule has 3 N–H and O–H groups in total. The SMILES string of the molecule is CCC(C)(CCO)NC(=O)c1ccc2c(c1)CNCC2. The number of nitrogens with one attached hydrogen (secondary N) is 2. The lowest BCUT2D eigenvalue weighted by molar-refractivity contribution is 0.0886. The zero-order chi connectivity index (χ0) is 14.6. The van der Waals surface area contributed by atoms with Gasteiger partial charge in [0.05, 0.1) is 0 Å². The van der Waals surface area contributed by atoms with E-state index in [-0.39, 0.29) is 18.1 Å². The minimum Gasteiger partial charge on any atom is -0.396 e. The van der Waals surface area contributed by atoms with Crippen LogP contribution < -0.4 is 10.6 Å². The fraction of sp³-hybridized carbons (Fsp3) is 0.562. The van der Waals surface area contributed by atoms with Gasteiger partial charge in [0, 0.05) is 24.3 Å². The molecule has 1 atom stereocenters. The van der Waals surface area contributed by atoms with E-state index in [2.05, 4.69) is 16.7 Å². The number of benzene rings is 1. The van der Waals surface area contributed by atoms with E-state index >= 15 is 0 Å². The summed E-state index contributed by atoms with van der Waals surface area (Å²) in [5, 5.41) is 15.5. The summed E-state index contributed by atoms with van der Waals surface area (Å²) in [5.41, 5.74) is 2.89. The molecule has 1 aromatic rings. The molecule has 1 amide bonds. The van der Waals surface area contributed by atoms with E-state index < -0.39 is 0 Å². The number of carbonyl (C=O) groups excluding carboxylic acids is 1. The van der Waals surface area contributed by atoms with Gasteiger partial charge in [-0.2, -0.15) is 0 Å². The van der Waals surface area contributed by atoms with Crippen LogP contribution in [0.4, 0.5) is 0 Å². The van der Waals surface area contributed by atoms with Gasteiger partial charge in [-0.3, -0.25) is 4.79 Å².